The van der Waals surface area contributed by atoms with Gasteiger partial charge in [0.15, 0.2) is 0 Å². The number of rotatable bonds is 5. The number of nitrogens with zero attached hydrogens (tertiary/aromatic N) is 3. The fourth-order valence-electron chi connectivity index (χ4n) is 2.09. The third-order valence-electron chi connectivity index (χ3n) is 3.38. The molecule has 1 atom stereocenters. The molecule has 2 aromatic heterocycles. The SMILES string of the molecule is CN(C)[C@H](CNc1oc(C(C)(C)C)nc1C#N)c1ccsc1. The van der Waals surface area contributed by atoms with Gasteiger partial charge in [0.25, 0.3) is 0 Å². The van der Waals surface area contributed by atoms with Crippen LogP contribution in [-0.2, 0) is 5.41 Å². The van der Waals surface area contributed by atoms with Crippen molar-refractivity contribution in [3.8, 4) is 6.07 Å². The number of hydrogen-bond acceptors (Lipinski definition) is 6. The van der Waals surface area contributed by atoms with Gasteiger partial charge in [0.05, 0.1) is 6.04 Å². The third kappa shape index (κ3) is 3.67. The second kappa shape index (κ2) is 6.51. The molecule has 0 aromatic carbocycles. The van der Waals surface area contributed by atoms with Crippen molar-refractivity contribution >= 4 is 17.2 Å². The zero-order chi connectivity index (χ0) is 16.3. The molecule has 5 nitrogen and oxygen atoms in total. The van der Waals surface area contributed by atoms with E-state index >= 15 is 0 Å². The summed E-state index contributed by atoms with van der Waals surface area (Å²) in [5, 5.41) is 16.7. The Morgan fingerprint density at radius 2 is 2.18 bits per heavy atom. The topological polar surface area (TPSA) is 65.1 Å². The molecule has 0 radical (unpaired) electrons. The first kappa shape index (κ1) is 16.5. The normalized spacial score (nSPS) is 13.1. The van der Waals surface area contributed by atoms with Gasteiger partial charge in [-0.1, -0.05) is 20.8 Å². The Labute approximate surface area is 135 Å². The standard InChI is InChI=1S/C16H22N4OS/c1-16(2,3)15-19-12(8-17)14(21-15)18-9-13(20(4)5)11-6-7-22-10-11/h6-7,10,13,18H,9H2,1-5H3/t13-/m1/s1. The first-order valence-electron chi connectivity index (χ1n) is 7.16. The average Bonchev–Trinajstić information content (AvgIpc) is 3.06. The number of aromatic nitrogens is 1. The lowest BCUT2D eigenvalue weighted by molar-refractivity contribution is 0.310. The number of hydrogen-bond donors (Lipinski definition) is 1. The molecule has 2 aromatic rings. The molecule has 0 saturated carbocycles. The molecule has 0 aliphatic rings. The maximum absolute atomic E-state index is 9.23. The molecule has 0 saturated heterocycles. The van der Waals surface area contributed by atoms with Crippen LogP contribution < -0.4 is 5.32 Å². The summed E-state index contributed by atoms with van der Waals surface area (Å²) in [5.41, 5.74) is 1.34. The molecule has 0 amide bonds. The summed E-state index contributed by atoms with van der Waals surface area (Å²) in [4.78, 5) is 6.42. The predicted octanol–water partition coefficient (Wildman–Crippen LogP) is 3.62. The molecular weight excluding hydrogens is 296 g/mol. The molecular formula is C16H22N4OS. The Morgan fingerprint density at radius 3 is 2.68 bits per heavy atom. The van der Waals surface area contributed by atoms with Gasteiger partial charge in [-0.05, 0) is 36.5 Å². The molecule has 2 heterocycles. The Morgan fingerprint density at radius 1 is 1.45 bits per heavy atom. The molecule has 22 heavy (non-hydrogen) atoms. The van der Waals surface area contributed by atoms with Gasteiger partial charge in [-0.15, -0.1) is 0 Å². The van der Waals surface area contributed by atoms with Crippen LogP contribution in [0.25, 0.3) is 0 Å². The summed E-state index contributed by atoms with van der Waals surface area (Å²) < 4.78 is 5.76. The van der Waals surface area contributed by atoms with Crippen molar-refractivity contribution in [3.63, 3.8) is 0 Å². The second-order valence-corrected chi connectivity index (χ2v) is 7.26. The van der Waals surface area contributed by atoms with Crippen LogP contribution in [0.1, 0.15) is 44.0 Å². The molecule has 0 fully saturated rings. The molecule has 118 valence electrons. The van der Waals surface area contributed by atoms with Crippen LogP contribution in [0.5, 0.6) is 0 Å². The summed E-state index contributed by atoms with van der Waals surface area (Å²) >= 11 is 1.68. The number of oxazole rings is 1. The third-order valence-corrected chi connectivity index (χ3v) is 4.08. The van der Waals surface area contributed by atoms with Gasteiger partial charge < -0.3 is 14.6 Å². The lowest BCUT2D eigenvalue weighted by Crippen LogP contribution is -2.26. The Bertz CT molecular complexity index is 647. The molecule has 0 aliphatic carbocycles. The predicted molar refractivity (Wildman–Crippen MR) is 89.2 cm³/mol. The van der Waals surface area contributed by atoms with E-state index in [0.29, 0.717) is 24.0 Å². The number of anilines is 1. The first-order chi connectivity index (χ1) is 10.3. The highest BCUT2D eigenvalue weighted by molar-refractivity contribution is 7.07. The van der Waals surface area contributed by atoms with E-state index in [1.54, 1.807) is 11.3 Å². The van der Waals surface area contributed by atoms with E-state index in [0.717, 1.165) is 0 Å². The first-order valence-corrected chi connectivity index (χ1v) is 8.11. The summed E-state index contributed by atoms with van der Waals surface area (Å²) in [6.45, 7) is 6.68. The van der Waals surface area contributed by atoms with E-state index in [4.69, 9.17) is 4.42 Å². The average molecular weight is 318 g/mol. The number of likely N-dealkylation sites (N-methyl/N-ethyl adjacent to an activating group) is 1. The summed E-state index contributed by atoms with van der Waals surface area (Å²) in [7, 11) is 4.08. The second-order valence-electron chi connectivity index (χ2n) is 6.48. The highest BCUT2D eigenvalue weighted by Crippen LogP contribution is 2.28. The van der Waals surface area contributed by atoms with Crippen molar-refractivity contribution in [2.45, 2.75) is 32.2 Å². The van der Waals surface area contributed by atoms with Crippen LogP contribution in [0.15, 0.2) is 21.2 Å². The fourth-order valence-corrected chi connectivity index (χ4v) is 2.80. The van der Waals surface area contributed by atoms with Crippen LogP contribution >= 0.6 is 11.3 Å². The van der Waals surface area contributed by atoms with Crippen LogP contribution in [0.3, 0.4) is 0 Å². The maximum Gasteiger partial charge on any atom is 0.232 e. The molecule has 0 bridgehead atoms. The minimum Gasteiger partial charge on any atom is -0.423 e. The minimum absolute atomic E-state index is 0.209. The summed E-state index contributed by atoms with van der Waals surface area (Å²) in [6.07, 6.45) is 0. The highest BCUT2D eigenvalue weighted by Gasteiger charge is 2.24. The molecule has 0 aliphatic heterocycles. The quantitative estimate of drug-likeness (QED) is 0.912. The van der Waals surface area contributed by atoms with Crippen LogP contribution in [-0.4, -0.2) is 30.5 Å². The number of thiophene rings is 1. The Kier molecular flexibility index (Phi) is 4.89. The number of nitriles is 1. The van der Waals surface area contributed by atoms with Crippen molar-refractivity contribution in [3.05, 3.63) is 34.0 Å². The smallest absolute Gasteiger partial charge is 0.232 e. The van der Waals surface area contributed by atoms with Gasteiger partial charge in [0.2, 0.25) is 17.5 Å². The van der Waals surface area contributed by atoms with Gasteiger partial charge in [0.1, 0.15) is 6.07 Å². The zero-order valence-electron chi connectivity index (χ0n) is 13.7. The van der Waals surface area contributed by atoms with E-state index in [9.17, 15) is 5.26 Å². The van der Waals surface area contributed by atoms with Crippen LogP contribution in [0.4, 0.5) is 5.88 Å². The maximum atomic E-state index is 9.23. The van der Waals surface area contributed by atoms with Gasteiger partial charge in [-0.2, -0.15) is 21.6 Å². The van der Waals surface area contributed by atoms with Gasteiger partial charge >= 0.3 is 0 Å². The van der Waals surface area contributed by atoms with Crippen LogP contribution in [0, 0.1) is 11.3 Å². The number of nitrogens with one attached hydrogen (secondary N) is 1. The van der Waals surface area contributed by atoms with E-state index in [-0.39, 0.29) is 11.5 Å². The van der Waals surface area contributed by atoms with Gasteiger partial charge in [0, 0.05) is 12.0 Å². The van der Waals surface area contributed by atoms with Crippen LogP contribution in [0.2, 0.25) is 0 Å². The molecule has 2 rings (SSSR count). The van der Waals surface area contributed by atoms with Gasteiger partial charge in [-0.3, -0.25) is 0 Å². The van der Waals surface area contributed by atoms with E-state index < -0.39 is 0 Å². The van der Waals surface area contributed by atoms with Crippen molar-refractivity contribution in [2.24, 2.45) is 0 Å². The van der Waals surface area contributed by atoms with E-state index in [2.05, 4.69) is 38.1 Å². The van der Waals surface area contributed by atoms with Gasteiger partial charge in [-0.25, -0.2) is 0 Å². The van der Waals surface area contributed by atoms with Crippen molar-refractivity contribution in [2.75, 3.05) is 26.0 Å². The summed E-state index contributed by atoms with van der Waals surface area (Å²) in [6, 6.07) is 4.42. The van der Waals surface area contributed by atoms with Crippen molar-refractivity contribution < 1.29 is 4.42 Å². The monoisotopic (exact) mass is 318 g/mol. The minimum atomic E-state index is -0.222. The zero-order valence-corrected chi connectivity index (χ0v) is 14.5. The van der Waals surface area contributed by atoms with E-state index in [1.165, 1.54) is 5.56 Å². The lowest BCUT2D eigenvalue weighted by atomic mass is 9.97. The summed E-state index contributed by atoms with van der Waals surface area (Å²) in [5.74, 6) is 1.03. The van der Waals surface area contributed by atoms with E-state index in [1.807, 2.05) is 34.9 Å². The van der Waals surface area contributed by atoms with Crippen molar-refractivity contribution in [1.29, 1.82) is 5.26 Å². The fraction of sp³-hybridized carbons (Fsp3) is 0.500. The molecule has 0 unspecified atom stereocenters. The highest BCUT2D eigenvalue weighted by atomic mass is 32.1. The molecule has 0 spiro atoms. The molecule has 1 N–H and O–H groups in total. The lowest BCUT2D eigenvalue weighted by Gasteiger charge is -2.23. The molecule has 6 heteroatoms. The Balaban J connectivity index is 2.17. The largest absolute Gasteiger partial charge is 0.423 e. The Hall–Kier alpha value is -1.84. The van der Waals surface area contributed by atoms with Crippen molar-refractivity contribution in [1.82, 2.24) is 9.88 Å².